The standard InChI is InChI=1S/C67H101N3O43S2/c1-27(2)61(91)96-16-14-94-42(75)10-12-44(77)99-25-41-38(111-112-66-50(83)48(81)53(56(107-66)59(87)88)105-63-33(68-30(5)72)20-36(109-93-8)39(23-71)101-63)22-35(70-32(7)74)65(103-41)106-54-49(82)51(84)67(108-57(54)60(89)90)113-110-37-21-34(69-31(6)73)64(104-52-47(80)46(79)29(4)100-55(52)58(85)86)102-40(37)24-98-45(78)13-11-43(76)95-15-17-97-62(92)28(3)26-115-19-9-18-114/h28-29,33-41,46-57,63-67,71,79-84,114H,1,9-26H2,2-8H3,(H,68,72)(H,69,73)(H,70,74)(H,85,86)(H,87,88)(H,89,90)/t28?,29?,33-,34-,35-,36-,37?,38-,39-,40?,41?,46?,47?,48?,49?,50?,51?,52+,53+,54+,55?,56?,57?,63?,64-,65-,66?,67?/m0/s1. The van der Waals surface area contributed by atoms with Crippen molar-refractivity contribution in [1.29, 1.82) is 0 Å². The number of thioether (sulfide) groups is 1. The largest absolute Gasteiger partial charge is 0.479 e. The maximum absolute atomic E-state index is 13.3. The first-order valence-electron chi connectivity index (χ1n) is 36.2. The van der Waals surface area contributed by atoms with Crippen molar-refractivity contribution in [1.82, 2.24) is 16.0 Å². The molecule has 0 aromatic carbocycles. The molecule has 115 heavy (non-hydrogen) atoms. The van der Waals surface area contributed by atoms with E-state index in [0.717, 1.165) is 40.1 Å². The van der Waals surface area contributed by atoms with Crippen molar-refractivity contribution in [2.24, 2.45) is 5.92 Å². The zero-order valence-corrected chi connectivity index (χ0v) is 65.1. The van der Waals surface area contributed by atoms with Gasteiger partial charge in [-0.1, -0.05) is 13.5 Å². The van der Waals surface area contributed by atoms with Crippen LogP contribution in [0.5, 0.6) is 0 Å². The third-order valence-corrected chi connectivity index (χ3v) is 19.5. The second kappa shape index (κ2) is 47.7. The lowest BCUT2D eigenvalue weighted by Crippen LogP contribution is -2.65. The van der Waals surface area contributed by atoms with E-state index in [1.165, 1.54) is 13.8 Å². The Morgan fingerprint density at radius 1 is 0.478 bits per heavy atom. The Kier molecular flexibility index (Phi) is 40.3. The Morgan fingerprint density at radius 2 is 0.843 bits per heavy atom. The number of carbonyl (C=O) groups is 12. The molecule has 6 heterocycles. The molecule has 6 fully saturated rings. The van der Waals surface area contributed by atoms with E-state index in [9.17, 15) is 109 Å². The quantitative estimate of drug-likeness (QED) is 0.00514. The van der Waals surface area contributed by atoms with E-state index >= 15 is 0 Å². The summed E-state index contributed by atoms with van der Waals surface area (Å²) in [6, 6.07) is -4.25. The minimum absolute atomic E-state index is 0.0593. The van der Waals surface area contributed by atoms with Gasteiger partial charge < -0.3 is 138 Å². The third-order valence-electron chi connectivity index (χ3n) is 17.9. The fourth-order valence-electron chi connectivity index (χ4n) is 12.1. The van der Waals surface area contributed by atoms with Crippen LogP contribution in [0.2, 0.25) is 0 Å². The van der Waals surface area contributed by atoms with Crippen molar-refractivity contribution in [3.05, 3.63) is 12.2 Å². The first kappa shape index (κ1) is 97.0. The lowest BCUT2D eigenvalue weighted by molar-refractivity contribution is -0.461. The van der Waals surface area contributed by atoms with Crippen molar-refractivity contribution in [3.63, 3.8) is 0 Å². The van der Waals surface area contributed by atoms with Crippen LogP contribution in [0.15, 0.2) is 12.2 Å². The molecule has 13 N–H and O–H groups in total. The summed E-state index contributed by atoms with van der Waals surface area (Å²) in [5.74, 6) is -11.7. The van der Waals surface area contributed by atoms with Crippen molar-refractivity contribution >= 4 is 95.8 Å². The number of rotatable bonds is 44. The Morgan fingerprint density at radius 3 is 1.22 bits per heavy atom. The molecular formula is C67H101N3O43S2. The molecule has 48 heteroatoms. The van der Waals surface area contributed by atoms with E-state index in [0.29, 0.717) is 11.5 Å². The number of hydrogen-bond donors (Lipinski definition) is 14. The average Bonchev–Trinajstić information content (AvgIpc) is 0.805. The molecule has 0 bridgehead atoms. The van der Waals surface area contributed by atoms with Crippen molar-refractivity contribution in [2.45, 2.75) is 258 Å². The summed E-state index contributed by atoms with van der Waals surface area (Å²) in [4.78, 5) is 185. The molecule has 0 radical (unpaired) electrons. The molecule has 0 aromatic heterocycles. The van der Waals surface area contributed by atoms with E-state index in [1.807, 2.05) is 0 Å². The van der Waals surface area contributed by atoms with Crippen LogP contribution in [0.3, 0.4) is 0 Å². The smallest absolute Gasteiger partial charge is 0.335 e. The highest BCUT2D eigenvalue weighted by Gasteiger charge is 2.57. The number of aliphatic carboxylic acids is 3. The molecule has 654 valence electrons. The molecule has 0 aliphatic carbocycles. The summed E-state index contributed by atoms with van der Waals surface area (Å²) in [6.07, 6.45) is -50.1. The molecule has 6 aliphatic rings. The highest BCUT2D eigenvalue weighted by atomic mass is 32.2. The van der Waals surface area contributed by atoms with Gasteiger partial charge in [-0.2, -0.15) is 24.4 Å². The van der Waals surface area contributed by atoms with Crippen LogP contribution >= 0.6 is 24.4 Å². The molecule has 0 saturated carbocycles. The summed E-state index contributed by atoms with van der Waals surface area (Å²) in [7, 11) is 1.16. The molecule has 6 aliphatic heterocycles. The van der Waals surface area contributed by atoms with Crippen LogP contribution in [-0.2, 0) is 158 Å². The SMILES string of the molecule is C=C(C)C(=O)OCCOC(=O)CCC(=O)OCC1O[C@@H](O[C@H]2C(C(=O)O)OC(OOC3C[C@H](NC(C)=O)[C@H](O[C@H]4C(C(=O)O)OC(C)C(O)C4O)OC3COC(=O)CCC(=O)OCCOC(=O)C(C)CSCCCS)C(O)C2O)[C@@H](NC(C)=O)C[C@@H]1OOC1OC(C(=O)O)[C@H](OC2O[C@@H](CO)[C@@H](OOC)C[C@@H]2NC(C)=O)C(O)C1O. The number of aliphatic hydroxyl groups is 7. The molecular weight excluding hydrogens is 1600 g/mol. The molecule has 0 aromatic rings. The molecule has 28 atom stereocenters. The van der Waals surface area contributed by atoms with Crippen LogP contribution < -0.4 is 16.0 Å². The van der Waals surface area contributed by atoms with Crippen LogP contribution in [0.4, 0.5) is 0 Å². The average molecular weight is 1700 g/mol. The van der Waals surface area contributed by atoms with Crippen LogP contribution in [0.1, 0.15) is 92.9 Å². The lowest BCUT2D eigenvalue weighted by Gasteiger charge is -2.46. The van der Waals surface area contributed by atoms with Gasteiger partial charge in [-0.3, -0.25) is 38.4 Å². The number of aliphatic hydroxyl groups excluding tert-OH is 7. The number of nitrogens with one attached hydrogen (secondary N) is 3. The molecule has 0 spiro atoms. The topological polar surface area (TPSA) is 637 Å². The first-order chi connectivity index (χ1) is 54.5. The Hall–Kier alpha value is -6.80. The zero-order valence-electron chi connectivity index (χ0n) is 63.4. The van der Waals surface area contributed by atoms with Gasteiger partial charge in [0.25, 0.3) is 0 Å². The maximum atomic E-state index is 13.3. The zero-order chi connectivity index (χ0) is 85.1. The van der Waals surface area contributed by atoms with E-state index in [-0.39, 0.29) is 31.8 Å². The van der Waals surface area contributed by atoms with Crippen molar-refractivity contribution < 1.29 is 209 Å². The maximum Gasteiger partial charge on any atom is 0.335 e. The molecule has 3 amide bonds. The monoisotopic (exact) mass is 1700 g/mol. The highest BCUT2D eigenvalue weighted by Crippen LogP contribution is 2.37. The van der Waals surface area contributed by atoms with Gasteiger partial charge in [0, 0.05) is 51.4 Å². The molecule has 17 unspecified atom stereocenters. The lowest BCUT2D eigenvalue weighted by atomic mass is 9.94. The Bertz CT molecular complexity index is 3240. The second-order valence-electron chi connectivity index (χ2n) is 27.0. The summed E-state index contributed by atoms with van der Waals surface area (Å²) in [5, 5.41) is 117. The number of thiol groups is 1. The second-order valence-corrected chi connectivity index (χ2v) is 28.6. The molecule has 6 saturated heterocycles. The summed E-state index contributed by atoms with van der Waals surface area (Å²) in [6.45, 7) is 6.83. The minimum atomic E-state index is -2.47. The predicted octanol–water partition coefficient (Wildman–Crippen LogP) is -5.69. The number of carboxylic acids is 3. The van der Waals surface area contributed by atoms with E-state index in [4.69, 9.17) is 100 Å². The van der Waals surface area contributed by atoms with Gasteiger partial charge >= 0.3 is 53.7 Å². The fraction of sp³-hybridized carbons (Fsp3) is 0.791. The van der Waals surface area contributed by atoms with Gasteiger partial charge in [-0.15, -0.1) is 0 Å². The summed E-state index contributed by atoms with van der Waals surface area (Å²) < 4.78 is 83.5. The fourth-order valence-corrected chi connectivity index (χ4v) is 13.4. The van der Waals surface area contributed by atoms with E-state index < -0.39 is 308 Å². The van der Waals surface area contributed by atoms with Crippen molar-refractivity contribution in [2.75, 3.05) is 70.6 Å². The molecule has 46 nitrogen and oxygen atoms in total. The van der Waals surface area contributed by atoms with Gasteiger partial charge in [0.1, 0.15) is 131 Å². The predicted molar refractivity (Wildman–Crippen MR) is 373 cm³/mol. The first-order valence-corrected chi connectivity index (χ1v) is 38.0. The van der Waals surface area contributed by atoms with Gasteiger partial charge in [-0.25, -0.2) is 48.5 Å². The molecule has 6 rings (SSSR count). The van der Waals surface area contributed by atoms with Gasteiger partial charge in [0.05, 0.1) is 69.5 Å². The highest BCUT2D eigenvalue weighted by molar-refractivity contribution is 7.99. The third kappa shape index (κ3) is 29.6. The van der Waals surface area contributed by atoms with Crippen LogP contribution in [0, 0.1) is 5.92 Å². The van der Waals surface area contributed by atoms with Crippen LogP contribution in [-0.4, -0.2) is 359 Å². The van der Waals surface area contributed by atoms with Gasteiger partial charge in [0.15, 0.2) is 37.2 Å². The van der Waals surface area contributed by atoms with E-state index in [1.54, 1.807) is 18.7 Å². The van der Waals surface area contributed by atoms with E-state index in [2.05, 4.69) is 35.2 Å². The number of carbonyl (C=O) groups excluding carboxylic acids is 9. The number of amides is 3. The number of hydrogen-bond acceptors (Lipinski definition) is 42. The summed E-state index contributed by atoms with van der Waals surface area (Å²) in [5.41, 5.74) is 0.0593. The Labute approximate surface area is 665 Å². The number of carboxylic acid groups (broad SMARTS) is 3. The Balaban J connectivity index is 1.21. The number of esters is 6. The summed E-state index contributed by atoms with van der Waals surface area (Å²) >= 11 is 5.70. The van der Waals surface area contributed by atoms with Gasteiger partial charge in [-0.05, 0) is 31.8 Å². The minimum Gasteiger partial charge on any atom is -0.479 e. The van der Waals surface area contributed by atoms with Crippen molar-refractivity contribution in [3.8, 4) is 0 Å². The van der Waals surface area contributed by atoms with Gasteiger partial charge in [0.2, 0.25) is 30.3 Å². The van der Waals surface area contributed by atoms with Crippen LogP contribution in [0.25, 0.3) is 0 Å². The normalized spacial score (nSPS) is 33.6. The number of ether oxygens (including phenoxy) is 15.